The number of carboxylic acid groups (broad SMARTS) is 1. The second kappa shape index (κ2) is 7.95. The molecule has 0 amide bonds. The minimum Gasteiger partial charge on any atom is -0.481 e. The molecule has 0 bridgehead atoms. The molecular formula is C9H11ClO2S. The van der Waals surface area contributed by atoms with Gasteiger partial charge < -0.3 is 5.11 Å². The maximum Gasteiger partial charge on any atom is 0.313 e. The Morgan fingerprint density at radius 3 is 2.08 bits per heavy atom. The van der Waals surface area contributed by atoms with Crippen molar-refractivity contribution < 1.29 is 9.90 Å². The van der Waals surface area contributed by atoms with E-state index >= 15 is 0 Å². The summed E-state index contributed by atoms with van der Waals surface area (Å²) in [5.41, 5.74) is 1.18. The molecule has 0 aliphatic rings. The first kappa shape index (κ1) is 12.3. The molecule has 0 aliphatic heterocycles. The topological polar surface area (TPSA) is 37.3 Å². The van der Waals surface area contributed by atoms with Gasteiger partial charge >= 0.3 is 5.97 Å². The molecule has 1 aromatic rings. The molecule has 1 N–H and O–H groups in total. The molecule has 0 aliphatic carbocycles. The Morgan fingerprint density at radius 1 is 1.38 bits per heavy atom. The van der Waals surface area contributed by atoms with Gasteiger partial charge in [-0.25, -0.2) is 0 Å². The number of benzene rings is 1. The molecule has 72 valence electrons. The van der Waals surface area contributed by atoms with E-state index in [1.165, 1.54) is 5.56 Å². The first-order valence-corrected chi connectivity index (χ1v) is 4.80. The highest BCUT2D eigenvalue weighted by Crippen LogP contribution is 2.00. The minimum absolute atomic E-state index is 0.0833. The third-order valence-corrected chi connectivity index (χ3v) is 1.71. The minimum atomic E-state index is -0.881. The number of aliphatic carboxylic acids is 1. The summed E-state index contributed by atoms with van der Waals surface area (Å²) in [7, 11) is 0. The molecule has 13 heavy (non-hydrogen) atoms. The van der Waals surface area contributed by atoms with E-state index in [9.17, 15) is 4.79 Å². The largest absolute Gasteiger partial charge is 0.481 e. The molecule has 1 aromatic carbocycles. The number of rotatable bonds is 2. The highest BCUT2D eigenvalue weighted by atomic mass is 35.5. The SMILES string of the molecule is ClCc1ccccc1.O=C(O)CS. The summed E-state index contributed by atoms with van der Waals surface area (Å²) in [5, 5.41) is 7.65. The molecule has 0 aromatic heterocycles. The van der Waals surface area contributed by atoms with Gasteiger partial charge in [-0.15, -0.1) is 11.6 Å². The molecule has 1 rings (SSSR count). The van der Waals surface area contributed by atoms with Crippen molar-refractivity contribution in [3.05, 3.63) is 35.9 Å². The van der Waals surface area contributed by atoms with Crippen molar-refractivity contribution in [2.24, 2.45) is 0 Å². The summed E-state index contributed by atoms with van der Waals surface area (Å²) in [4.78, 5) is 9.29. The van der Waals surface area contributed by atoms with Crippen LogP contribution in [0.2, 0.25) is 0 Å². The lowest BCUT2D eigenvalue weighted by Gasteiger charge is -1.88. The van der Waals surface area contributed by atoms with Gasteiger partial charge in [-0.2, -0.15) is 12.6 Å². The Labute approximate surface area is 87.9 Å². The van der Waals surface area contributed by atoms with Crippen molar-refractivity contribution in [2.45, 2.75) is 5.88 Å². The van der Waals surface area contributed by atoms with Gasteiger partial charge in [0.05, 0.1) is 5.75 Å². The molecular weight excluding hydrogens is 208 g/mol. The fourth-order valence-electron chi connectivity index (χ4n) is 0.567. The number of thiol groups is 1. The van der Waals surface area contributed by atoms with Crippen LogP contribution in [0.15, 0.2) is 30.3 Å². The lowest BCUT2D eigenvalue weighted by molar-refractivity contribution is -0.133. The fraction of sp³-hybridized carbons (Fsp3) is 0.222. The molecule has 0 saturated heterocycles. The van der Waals surface area contributed by atoms with E-state index in [4.69, 9.17) is 16.7 Å². The van der Waals surface area contributed by atoms with Gasteiger partial charge in [0.2, 0.25) is 0 Å². The van der Waals surface area contributed by atoms with Crippen LogP contribution >= 0.6 is 24.2 Å². The average molecular weight is 219 g/mol. The van der Waals surface area contributed by atoms with E-state index in [1.54, 1.807) is 0 Å². The lowest BCUT2D eigenvalue weighted by atomic mass is 10.2. The Bertz CT molecular complexity index is 239. The van der Waals surface area contributed by atoms with Crippen molar-refractivity contribution in [2.75, 3.05) is 5.75 Å². The zero-order valence-electron chi connectivity index (χ0n) is 6.98. The molecule has 0 spiro atoms. The second-order valence-corrected chi connectivity index (χ2v) is 2.75. The van der Waals surface area contributed by atoms with Gasteiger partial charge in [0.15, 0.2) is 0 Å². The summed E-state index contributed by atoms with van der Waals surface area (Å²) in [6.45, 7) is 0. The first-order valence-electron chi connectivity index (χ1n) is 3.63. The zero-order valence-corrected chi connectivity index (χ0v) is 8.63. The highest BCUT2D eigenvalue weighted by molar-refractivity contribution is 7.81. The van der Waals surface area contributed by atoms with Crippen LogP contribution in [0.5, 0.6) is 0 Å². The van der Waals surface area contributed by atoms with Gasteiger partial charge in [0.25, 0.3) is 0 Å². The van der Waals surface area contributed by atoms with E-state index in [-0.39, 0.29) is 5.75 Å². The quantitative estimate of drug-likeness (QED) is 0.591. The van der Waals surface area contributed by atoms with Crippen LogP contribution in [0.4, 0.5) is 0 Å². The summed E-state index contributed by atoms with van der Waals surface area (Å²) in [6, 6.07) is 9.96. The molecule has 0 fully saturated rings. The van der Waals surface area contributed by atoms with Crippen molar-refractivity contribution in [3.8, 4) is 0 Å². The normalized spacial score (nSPS) is 8.46. The second-order valence-electron chi connectivity index (χ2n) is 2.17. The van der Waals surface area contributed by atoms with Crippen LogP contribution < -0.4 is 0 Å². The smallest absolute Gasteiger partial charge is 0.313 e. The van der Waals surface area contributed by atoms with Crippen molar-refractivity contribution in [1.82, 2.24) is 0 Å². The van der Waals surface area contributed by atoms with E-state index in [0.717, 1.165) is 0 Å². The third kappa shape index (κ3) is 7.68. The Morgan fingerprint density at radius 2 is 1.85 bits per heavy atom. The summed E-state index contributed by atoms with van der Waals surface area (Å²) in [5.74, 6) is -0.353. The van der Waals surface area contributed by atoms with Crippen LogP contribution in [-0.2, 0) is 10.7 Å². The van der Waals surface area contributed by atoms with E-state index in [1.807, 2.05) is 30.3 Å². The molecule has 0 heterocycles. The molecule has 4 heteroatoms. The predicted molar refractivity (Wildman–Crippen MR) is 57.5 cm³/mol. The molecule has 2 nitrogen and oxygen atoms in total. The van der Waals surface area contributed by atoms with E-state index in [0.29, 0.717) is 5.88 Å². The Kier molecular flexibility index (Phi) is 7.54. The molecule has 0 unspecified atom stereocenters. The summed E-state index contributed by atoms with van der Waals surface area (Å²) >= 11 is 8.94. The standard InChI is InChI=1S/C7H7Cl.C2H4O2S/c8-6-7-4-2-1-3-5-7;3-2(4)1-5/h1-5H,6H2;5H,1H2,(H,3,4). The average Bonchev–Trinajstić information content (AvgIpc) is 2.20. The van der Waals surface area contributed by atoms with Gasteiger partial charge in [-0.3, -0.25) is 4.79 Å². The van der Waals surface area contributed by atoms with Crippen molar-refractivity contribution in [3.63, 3.8) is 0 Å². The number of alkyl halides is 1. The summed E-state index contributed by atoms with van der Waals surface area (Å²) < 4.78 is 0. The van der Waals surface area contributed by atoms with Crippen molar-refractivity contribution in [1.29, 1.82) is 0 Å². The van der Waals surface area contributed by atoms with E-state index in [2.05, 4.69) is 12.6 Å². The van der Waals surface area contributed by atoms with Crippen LogP contribution in [0, 0.1) is 0 Å². The van der Waals surface area contributed by atoms with Crippen molar-refractivity contribution >= 4 is 30.2 Å². The van der Waals surface area contributed by atoms with Crippen LogP contribution in [0.25, 0.3) is 0 Å². The van der Waals surface area contributed by atoms with Crippen LogP contribution in [0.3, 0.4) is 0 Å². The molecule has 0 saturated carbocycles. The number of hydrogen-bond acceptors (Lipinski definition) is 2. The fourth-order valence-corrected chi connectivity index (χ4v) is 0.745. The Hall–Kier alpha value is -0.670. The highest BCUT2D eigenvalue weighted by Gasteiger charge is 1.82. The molecule has 0 atom stereocenters. The summed E-state index contributed by atoms with van der Waals surface area (Å²) in [6.07, 6.45) is 0. The number of halogens is 1. The van der Waals surface area contributed by atoms with E-state index < -0.39 is 5.97 Å². The number of carbonyl (C=O) groups is 1. The van der Waals surface area contributed by atoms with Crippen LogP contribution in [0.1, 0.15) is 5.56 Å². The maximum atomic E-state index is 9.29. The lowest BCUT2D eigenvalue weighted by Crippen LogP contribution is -1.92. The zero-order chi connectivity index (χ0) is 10.1. The third-order valence-electron chi connectivity index (χ3n) is 1.13. The first-order chi connectivity index (χ1) is 6.20. The van der Waals surface area contributed by atoms with Crippen LogP contribution in [-0.4, -0.2) is 16.8 Å². The monoisotopic (exact) mass is 218 g/mol. The van der Waals surface area contributed by atoms with Gasteiger partial charge in [0, 0.05) is 5.88 Å². The molecule has 0 radical (unpaired) electrons. The van der Waals surface area contributed by atoms with Gasteiger partial charge in [-0.1, -0.05) is 30.3 Å². The number of hydrogen-bond donors (Lipinski definition) is 2. The van der Waals surface area contributed by atoms with Gasteiger partial charge in [-0.05, 0) is 5.56 Å². The number of carboxylic acids is 1. The predicted octanol–water partition coefficient (Wildman–Crippen LogP) is 2.43. The van der Waals surface area contributed by atoms with Gasteiger partial charge in [0.1, 0.15) is 0 Å². The Balaban J connectivity index is 0.000000252. The maximum absolute atomic E-state index is 9.29.